The summed E-state index contributed by atoms with van der Waals surface area (Å²) in [4.78, 5) is 0.417. The van der Waals surface area contributed by atoms with Crippen molar-refractivity contribution in [3.05, 3.63) is 29.8 Å². The molecular formula is C14H21NO2S. The number of benzene rings is 1. The van der Waals surface area contributed by atoms with Crippen LogP contribution in [0, 0.1) is 12.3 Å². The molecule has 1 fully saturated rings. The summed E-state index contributed by atoms with van der Waals surface area (Å²) in [6.45, 7) is 7.43. The summed E-state index contributed by atoms with van der Waals surface area (Å²) >= 11 is 0. The Labute approximate surface area is 110 Å². The molecule has 0 aliphatic carbocycles. The number of rotatable bonds is 2. The van der Waals surface area contributed by atoms with Crippen molar-refractivity contribution in [3.8, 4) is 0 Å². The molecule has 1 aromatic carbocycles. The van der Waals surface area contributed by atoms with E-state index in [9.17, 15) is 8.42 Å². The van der Waals surface area contributed by atoms with Crippen molar-refractivity contribution in [3.63, 3.8) is 0 Å². The fourth-order valence-corrected chi connectivity index (χ4v) is 4.27. The number of aryl methyl sites for hydroxylation is 1. The van der Waals surface area contributed by atoms with E-state index in [4.69, 9.17) is 0 Å². The molecule has 0 unspecified atom stereocenters. The highest BCUT2D eigenvalue weighted by atomic mass is 32.2. The number of hydrogen-bond acceptors (Lipinski definition) is 2. The first kappa shape index (κ1) is 13.6. The minimum absolute atomic E-state index is 0.0785. The van der Waals surface area contributed by atoms with E-state index < -0.39 is 10.0 Å². The van der Waals surface area contributed by atoms with E-state index in [1.165, 1.54) is 0 Å². The summed E-state index contributed by atoms with van der Waals surface area (Å²) in [7, 11) is -3.32. The fourth-order valence-electron chi connectivity index (χ4n) is 2.50. The Morgan fingerprint density at radius 1 is 1.28 bits per heavy atom. The van der Waals surface area contributed by atoms with Crippen LogP contribution in [0.25, 0.3) is 0 Å². The smallest absolute Gasteiger partial charge is 0.207 e. The molecule has 1 aromatic rings. The molecular weight excluding hydrogens is 246 g/mol. The van der Waals surface area contributed by atoms with Crippen LogP contribution in [0.3, 0.4) is 0 Å². The third-order valence-electron chi connectivity index (χ3n) is 3.49. The van der Waals surface area contributed by atoms with Crippen molar-refractivity contribution in [2.45, 2.75) is 38.5 Å². The Kier molecular flexibility index (Phi) is 3.52. The highest BCUT2D eigenvalue weighted by Gasteiger charge is 2.33. The van der Waals surface area contributed by atoms with Gasteiger partial charge in [-0.05, 0) is 42.9 Å². The van der Waals surface area contributed by atoms with Gasteiger partial charge in [-0.3, -0.25) is 0 Å². The standard InChI is InChI=1S/C14H21NO2S/c1-12-6-4-7-13(10-12)18(16,17)15-9-5-8-14(2,3)11-15/h4,6-7,10H,5,8-9,11H2,1-3H3. The highest BCUT2D eigenvalue weighted by molar-refractivity contribution is 7.89. The molecule has 0 bridgehead atoms. The van der Waals surface area contributed by atoms with Gasteiger partial charge in [0.15, 0.2) is 0 Å². The molecule has 4 heteroatoms. The number of sulfonamides is 1. The van der Waals surface area contributed by atoms with Crippen LogP contribution in [0.1, 0.15) is 32.3 Å². The molecule has 0 N–H and O–H groups in total. The average Bonchev–Trinajstić information content (AvgIpc) is 2.27. The molecule has 0 saturated carbocycles. The van der Waals surface area contributed by atoms with Crippen molar-refractivity contribution in [2.75, 3.05) is 13.1 Å². The molecule has 0 spiro atoms. The monoisotopic (exact) mass is 267 g/mol. The maximum atomic E-state index is 12.6. The maximum Gasteiger partial charge on any atom is 0.243 e. The maximum absolute atomic E-state index is 12.6. The quantitative estimate of drug-likeness (QED) is 0.826. The third kappa shape index (κ3) is 2.75. The normalized spacial score (nSPS) is 20.8. The van der Waals surface area contributed by atoms with Gasteiger partial charge in [0.05, 0.1) is 4.90 Å². The van der Waals surface area contributed by atoms with Crippen molar-refractivity contribution >= 4 is 10.0 Å². The predicted molar refractivity (Wildman–Crippen MR) is 73.0 cm³/mol. The Morgan fingerprint density at radius 2 is 2.00 bits per heavy atom. The summed E-state index contributed by atoms with van der Waals surface area (Å²) in [6.07, 6.45) is 2.03. The van der Waals surface area contributed by atoms with Gasteiger partial charge in [0, 0.05) is 13.1 Å². The Hall–Kier alpha value is -0.870. The SMILES string of the molecule is Cc1cccc(S(=O)(=O)N2CCCC(C)(C)C2)c1. The van der Waals surface area contributed by atoms with Crippen LogP contribution >= 0.6 is 0 Å². The topological polar surface area (TPSA) is 37.4 Å². The van der Waals surface area contributed by atoms with Gasteiger partial charge in [0.1, 0.15) is 0 Å². The molecule has 100 valence electrons. The zero-order chi connectivity index (χ0) is 13.4. The van der Waals surface area contributed by atoms with Gasteiger partial charge < -0.3 is 0 Å². The Balaban J connectivity index is 2.31. The van der Waals surface area contributed by atoms with Gasteiger partial charge in [-0.1, -0.05) is 26.0 Å². The molecule has 3 nitrogen and oxygen atoms in total. The lowest BCUT2D eigenvalue weighted by molar-refractivity contribution is 0.187. The van der Waals surface area contributed by atoms with E-state index in [0.29, 0.717) is 18.0 Å². The molecule has 0 aromatic heterocycles. The van der Waals surface area contributed by atoms with Crippen molar-refractivity contribution in [1.82, 2.24) is 4.31 Å². The third-order valence-corrected chi connectivity index (χ3v) is 5.33. The summed E-state index contributed by atoms with van der Waals surface area (Å²) in [5, 5.41) is 0. The van der Waals surface area contributed by atoms with Crippen LogP contribution in [0.2, 0.25) is 0 Å². The summed E-state index contributed by atoms with van der Waals surface area (Å²) in [5.41, 5.74) is 1.06. The molecule has 0 radical (unpaired) electrons. The lowest BCUT2D eigenvalue weighted by Crippen LogP contribution is -2.43. The molecule has 2 rings (SSSR count). The van der Waals surface area contributed by atoms with E-state index in [2.05, 4.69) is 13.8 Å². The van der Waals surface area contributed by atoms with Gasteiger partial charge in [-0.25, -0.2) is 8.42 Å². The molecule has 1 saturated heterocycles. The Morgan fingerprint density at radius 3 is 2.61 bits per heavy atom. The largest absolute Gasteiger partial charge is 0.243 e. The van der Waals surface area contributed by atoms with E-state index in [0.717, 1.165) is 18.4 Å². The molecule has 0 atom stereocenters. The van der Waals surface area contributed by atoms with Crippen LogP contribution in [0.4, 0.5) is 0 Å². The lowest BCUT2D eigenvalue weighted by Gasteiger charge is -2.37. The zero-order valence-corrected chi connectivity index (χ0v) is 12.1. The van der Waals surface area contributed by atoms with Crippen molar-refractivity contribution < 1.29 is 8.42 Å². The molecule has 1 heterocycles. The number of hydrogen-bond donors (Lipinski definition) is 0. The minimum atomic E-state index is -3.32. The van der Waals surface area contributed by atoms with Gasteiger partial charge in [-0.2, -0.15) is 4.31 Å². The highest BCUT2D eigenvalue weighted by Crippen LogP contribution is 2.31. The van der Waals surface area contributed by atoms with Crippen LogP contribution in [-0.4, -0.2) is 25.8 Å². The van der Waals surface area contributed by atoms with Crippen LogP contribution in [0.5, 0.6) is 0 Å². The van der Waals surface area contributed by atoms with Crippen molar-refractivity contribution in [1.29, 1.82) is 0 Å². The second-order valence-electron chi connectivity index (χ2n) is 5.92. The summed E-state index contributed by atoms with van der Waals surface area (Å²) in [6, 6.07) is 7.15. The molecule has 1 aliphatic rings. The first-order valence-corrected chi connectivity index (χ1v) is 7.82. The molecule has 18 heavy (non-hydrogen) atoms. The second kappa shape index (κ2) is 4.67. The minimum Gasteiger partial charge on any atom is -0.207 e. The first-order valence-electron chi connectivity index (χ1n) is 6.38. The fraction of sp³-hybridized carbons (Fsp3) is 0.571. The van der Waals surface area contributed by atoms with E-state index >= 15 is 0 Å². The lowest BCUT2D eigenvalue weighted by atomic mass is 9.85. The summed E-state index contributed by atoms with van der Waals surface area (Å²) < 4.78 is 26.7. The summed E-state index contributed by atoms with van der Waals surface area (Å²) in [5.74, 6) is 0. The predicted octanol–water partition coefficient (Wildman–Crippen LogP) is 2.81. The number of nitrogens with zero attached hydrogens (tertiary/aromatic N) is 1. The first-order chi connectivity index (χ1) is 8.31. The van der Waals surface area contributed by atoms with E-state index in [1.807, 2.05) is 13.0 Å². The second-order valence-corrected chi connectivity index (χ2v) is 7.86. The average molecular weight is 267 g/mol. The molecule has 0 amide bonds. The van der Waals surface area contributed by atoms with Gasteiger partial charge >= 0.3 is 0 Å². The van der Waals surface area contributed by atoms with E-state index in [1.54, 1.807) is 22.5 Å². The molecule has 1 aliphatic heterocycles. The van der Waals surface area contributed by atoms with Gasteiger partial charge in [0.2, 0.25) is 10.0 Å². The Bertz CT molecular complexity index is 534. The van der Waals surface area contributed by atoms with Crippen molar-refractivity contribution in [2.24, 2.45) is 5.41 Å². The number of piperidine rings is 1. The van der Waals surface area contributed by atoms with Gasteiger partial charge in [0.25, 0.3) is 0 Å². The zero-order valence-electron chi connectivity index (χ0n) is 11.3. The van der Waals surface area contributed by atoms with Crippen LogP contribution < -0.4 is 0 Å². The van der Waals surface area contributed by atoms with Gasteiger partial charge in [-0.15, -0.1) is 0 Å². The van der Waals surface area contributed by atoms with Crippen LogP contribution in [-0.2, 0) is 10.0 Å². The van der Waals surface area contributed by atoms with E-state index in [-0.39, 0.29) is 5.41 Å². The van der Waals surface area contributed by atoms with Crippen LogP contribution in [0.15, 0.2) is 29.2 Å².